The zero-order valence-electron chi connectivity index (χ0n) is 14.8. The Morgan fingerprint density at radius 1 is 1.27 bits per heavy atom. The molecule has 132 valence electrons. The lowest BCUT2D eigenvalue weighted by Gasteiger charge is -2.24. The van der Waals surface area contributed by atoms with Crippen molar-refractivity contribution in [1.82, 2.24) is 20.6 Å². The Labute approximate surface area is 152 Å². The molecular weight excluding hydrogens is 324 g/mol. The first kappa shape index (κ1) is 16.7. The number of nitrogens with one attached hydrogen (secondary N) is 2. The summed E-state index contributed by atoms with van der Waals surface area (Å²) in [5, 5.41) is 7.41. The van der Waals surface area contributed by atoms with Crippen LogP contribution in [0.25, 0.3) is 22.2 Å². The second-order valence-corrected chi connectivity index (χ2v) is 6.83. The second kappa shape index (κ2) is 7.22. The number of pyridine rings is 2. The average Bonchev–Trinajstić information content (AvgIpc) is 2.68. The minimum absolute atomic E-state index is 0.0400. The van der Waals surface area contributed by atoms with E-state index in [0.29, 0.717) is 5.56 Å². The standard InChI is InChI=1S/C21H22N4O/c1-14-6-7-19-17(10-14)18(21(26)24-16-5-3-9-23-13-16)11-20(25-19)15-4-2-8-22-12-15/h2,4,6-8,10-12,16,23H,3,5,9,13H2,1H3,(H,24,26)/t16-/m0/s1. The van der Waals surface area contributed by atoms with Gasteiger partial charge in [0.15, 0.2) is 0 Å². The number of carbonyl (C=O) groups is 1. The van der Waals surface area contributed by atoms with Crippen molar-refractivity contribution in [2.45, 2.75) is 25.8 Å². The summed E-state index contributed by atoms with van der Waals surface area (Å²) in [6.07, 6.45) is 5.60. The molecule has 2 N–H and O–H groups in total. The van der Waals surface area contributed by atoms with Crippen LogP contribution in [0.2, 0.25) is 0 Å². The summed E-state index contributed by atoms with van der Waals surface area (Å²) in [7, 11) is 0. The number of nitrogens with zero attached hydrogens (tertiary/aromatic N) is 2. The fourth-order valence-electron chi connectivity index (χ4n) is 3.43. The summed E-state index contributed by atoms with van der Waals surface area (Å²) in [4.78, 5) is 22.0. The lowest BCUT2D eigenvalue weighted by atomic mass is 10.0. The smallest absolute Gasteiger partial charge is 0.252 e. The van der Waals surface area contributed by atoms with Gasteiger partial charge in [0.2, 0.25) is 0 Å². The Bertz CT molecular complexity index is 933. The quantitative estimate of drug-likeness (QED) is 0.765. The van der Waals surface area contributed by atoms with E-state index in [2.05, 4.69) is 15.6 Å². The third-order valence-electron chi connectivity index (χ3n) is 4.80. The molecule has 0 radical (unpaired) electrons. The van der Waals surface area contributed by atoms with Gasteiger partial charge in [0.25, 0.3) is 5.91 Å². The van der Waals surface area contributed by atoms with Gasteiger partial charge in [0, 0.05) is 35.9 Å². The highest BCUT2D eigenvalue weighted by Gasteiger charge is 2.19. The summed E-state index contributed by atoms with van der Waals surface area (Å²) in [6.45, 7) is 3.87. The molecule has 0 bridgehead atoms. The van der Waals surface area contributed by atoms with Crippen LogP contribution in [0.4, 0.5) is 0 Å². The van der Waals surface area contributed by atoms with E-state index < -0.39 is 0 Å². The van der Waals surface area contributed by atoms with Gasteiger partial charge in [-0.05, 0) is 56.6 Å². The van der Waals surface area contributed by atoms with Gasteiger partial charge in [-0.2, -0.15) is 0 Å². The molecule has 1 aliphatic rings. The Hall–Kier alpha value is -2.79. The summed E-state index contributed by atoms with van der Waals surface area (Å²) in [5.74, 6) is -0.0400. The molecule has 1 amide bonds. The van der Waals surface area contributed by atoms with Crippen molar-refractivity contribution in [3.63, 3.8) is 0 Å². The van der Waals surface area contributed by atoms with E-state index in [1.807, 2.05) is 43.3 Å². The number of rotatable bonds is 3. The van der Waals surface area contributed by atoms with Gasteiger partial charge >= 0.3 is 0 Å². The molecule has 5 nitrogen and oxygen atoms in total. The molecule has 1 aromatic carbocycles. The van der Waals surface area contributed by atoms with E-state index in [9.17, 15) is 4.79 Å². The molecule has 0 spiro atoms. The number of aromatic nitrogens is 2. The van der Waals surface area contributed by atoms with Gasteiger partial charge in [-0.3, -0.25) is 9.78 Å². The van der Waals surface area contributed by atoms with Gasteiger partial charge in [0.1, 0.15) is 0 Å². The van der Waals surface area contributed by atoms with E-state index >= 15 is 0 Å². The molecule has 1 atom stereocenters. The summed E-state index contributed by atoms with van der Waals surface area (Å²) < 4.78 is 0. The predicted molar refractivity (Wildman–Crippen MR) is 103 cm³/mol. The van der Waals surface area contributed by atoms with Crippen LogP contribution < -0.4 is 10.6 Å². The molecule has 2 aromatic heterocycles. The minimum atomic E-state index is -0.0400. The lowest BCUT2D eigenvalue weighted by molar-refractivity contribution is 0.0932. The molecule has 0 saturated carbocycles. The minimum Gasteiger partial charge on any atom is -0.348 e. The molecule has 5 heteroatoms. The van der Waals surface area contributed by atoms with Crippen LogP contribution >= 0.6 is 0 Å². The van der Waals surface area contributed by atoms with Crippen molar-refractivity contribution >= 4 is 16.8 Å². The van der Waals surface area contributed by atoms with Crippen LogP contribution in [-0.4, -0.2) is 35.0 Å². The van der Waals surface area contributed by atoms with Crippen LogP contribution in [0, 0.1) is 6.92 Å². The number of hydrogen-bond acceptors (Lipinski definition) is 4. The first-order valence-corrected chi connectivity index (χ1v) is 9.04. The topological polar surface area (TPSA) is 66.9 Å². The molecule has 26 heavy (non-hydrogen) atoms. The van der Waals surface area contributed by atoms with Crippen molar-refractivity contribution in [2.75, 3.05) is 13.1 Å². The molecule has 3 heterocycles. The molecule has 0 aliphatic carbocycles. The number of hydrogen-bond donors (Lipinski definition) is 2. The van der Waals surface area contributed by atoms with E-state index in [0.717, 1.165) is 53.7 Å². The maximum absolute atomic E-state index is 13.0. The van der Waals surface area contributed by atoms with Crippen LogP contribution in [0.1, 0.15) is 28.8 Å². The van der Waals surface area contributed by atoms with Crippen LogP contribution in [0.3, 0.4) is 0 Å². The highest BCUT2D eigenvalue weighted by Crippen LogP contribution is 2.25. The highest BCUT2D eigenvalue weighted by molar-refractivity contribution is 6.07. The predicted octanol–water partition coefficient (Wildman–Crippen LogP) is 3.09. The van der Waals surface area contributed by atoms with Gasteiger partial charge in [0.05, 0.1) is 16.8 Å². The Morgan fingerprint density at radius 2 is 2.19 bits per heavy atom. The first-order chi connectivity index (χ1) is 12.7. The molecule has 4 rings (SSSR count). The van der Waals surface area contributed by atoms with Crippen molar-refractivity contribution in [3.8, 4) is 11.3 Å². The van der Waals surface area contributed by atoms with Crippen molar-refractivity contribution < 1.29 is 4.79 Å². The Kier molecular flexibility index (Phi) is 4.63. The van der Waals surface area contributed by atoms with Crippen molar-refractivity contribution in [3.05, 3.63) is 59.9 Å². The zero-order valence-corrected chi connectivity index (χ0v) is 14.8. The number of benzene rings is 1. The maximum atomic E-state index is 13.0. The normalized spacial score (nSPS) is 17.2. The largest absolute Gasteiger partial charge is 0.348 e. The van der Waals surface area contributed by atoms with Gasteiger partial charge < -0.3 is 10.6 Å². The summed E-state index contributed by atoms with van der Waals surface area (Å²) in [6, 6.07) is 11.9. The monoisotopic (exact) mass is 346 g/mol. The van der Waals surface area contributed by atoms with Gasteiger partial charge in [-0.15, -0.1) is 0 Å². The first-order valence-electron chi connectivity index (χ1n) is 9.04. The Balaban J connectivity index is 1.77. The second-order valence-electron chi connectivity index (χ2n) is 6.83. The maximum Gasteiger partial charge on any atom is 0.252 e. The van der Waals surface area contributed by atoms with E-state index in [4.69, 9.17) is 4.98 Å². The lowest BCUT2D eigenvalue weighted by Crippen LogP contribution is -2.45. The van der Waals surface area contributed by atoms with Gasteiger partial charge in [-0.1, -0.05) is 11.6 Å². The number of piperidine rings is 1. The van der Waals surface area contributed by atoms with Crippen molar-refractivity contribution in [1.29, 1.82) is 0 Å². The van der Waals surface area contributed by atoms with Crippen LogP contribution in [-0.2, 0) is 0 Å². The number of fused-ring (bicyclic) bond motifs is 1. The average molecular weight is 346 g/mol. The molecular formula is C21H22N4O. The molecule has 0 unspecified atom stereocenters. The van der Waals surface area contributed by atoms with E-state index in [-0.39, 0.29) is 11.9 Å². The molecule has 3 aromatic rings. The van der Waals surface area contributed by atoms with Crippen LogP contribution in [0.5, 0.6) is 0 Å². The molecule has 1 saturated heterocycles. The number of aryl methyl sites for hydroxylation is 1. The number of amides is 1. The van der Waals surface area contributed by atoms with Crippen molar-refractivity contribution in [2.24, 2.45) is 0 Å². The SMILES string of the molecule is Cc1ccc2nc(-c3cccnc3)cc(C(=O)N[C@H]3CCCNC3)c2c1. The third kappa shape index (κ3) is 3.44. The fourth-order valence-corrected chi connectivity index (χ4v) is 3.43. The van der Waals surface area contributed by atoms with Gasteiger partial charge in [-0.25, -0.2) is 4.98 Å². The Morgan fingerprint density at radius 3 is 2.96 bits per heavy atom. The zero-order chi connectivity index (χ0) is 17.9. The van der Waals surface area contributed by atoms with Crippen LogP contribution in [0.15, 0.2) is 48.8 Å². The summed E-state index contributed by atoms with van der Waals surface area (Å²) >= 11 is 0. The molecule has 1 aliphatic heterocycles. The van der Waals surface area contributed by atoms with E-state index in [1.54, 1.807) is 12.4 Å². The number of carbonyl (C=O) groups excluding carboxylic acids is 1. The highest BCUT2D eigenvalue weighted by atomic mass is 16.1. The molecule has 1 fully saturated rings. The summed E-state index contributed by atoms with van der Waals surface area (Å²) in [5.41, 5.74) is 4.28. The third-order valence-corrected chi connectivity index (χ3v) is 4.80. The van der Waals surface area contributed by atoms with E-state index in [1.165, 1.54) is 0 Å². The fraction of sp³-hybridized carbons (Fsp3) is 0.286.